The van der Waals surface area contributed by atoms with E-state index in [1.54, 1.807) is 0 Å². The van der Waals surface area contributed by atoms with Crippen molar-refractivity contribution in [2.75, 3.05) is 0 Å². The van der Waals surface area contributed by atoms with Crippen LogP contribution in [0.5, 0.6) is 0 Å². The lowest BCUT2D eigenvalue weighted by Crippen LogP contribution is -2.00. The van der Waals surface area contributed by atoms with Crippen LogP contribution < -0.4 is 0 Å². The first-order chi connectivity index (χ1) is 6.91. The molecule has 0 radical (unpaired) electrons. The lowest BCUT2D eigenvalue weighted by Gasteiger charge is -2.04. The van der Waals surface area contributed by atoms with E-state index in [4.69, 9.17) is 51.5 Å². The van der Waals surface area contributed by atoms with Crippen LogP contribution >= 0.6 is 46.4 Å². The summed E-state index contributed by atoms with van der Waals surface area (Å²) in [6, 6.07) is 4.32. The Morgan fingerprint density at radius 1 is 1.07 bits per heavy atom. The Morgan fingerprint density at radius 3 is 1.87 bits per heavy atom. The Bertz CT molecular complexity index is 415. The molecule has 1 aromatic carbocycles. The van der Waals surface area contributed by atoms with Crippen LogP contribution in [0.2, 0.25) is 10.0 Å². The van der Waals surface area contributed by atoms with Crippen LogP contribution in [0.25, 0.3) is 5.57 Å². The molecular formula is C9H4Cl4O2. The molecule has 0 atom stereocenters. The fourth-order valence-corrected chi connectivity index (χ4v) is 1.92. The number of benzene rings is 1. The summed E-state index contributed by atoms with van der Waals surface area (Å²) >= 11 is 22.3. The van der Waals surface area contributed by atoms with E-state index in [0.717, 1.165) is 0 Å². The van der Waals surface area contributed by atoms with Crippen LogP contribution in [0.3, 0.4) is 0 Å². The van der Waals surface area contributed by atoms with E-state index >= 15 is 0 Å². The molecule has 15 heavy (non-hydrogen) atoms. The van der Waals surface area contributed by atoms with E-state index in [-0.39, 0.29) is 15.6 Å². The third kappa shape index (κ3) is 3.28. The summed E-state index contributed by atoms with van der Waals surface area (Å²) in [5, 5.41) is 9.49. The van der Waals surface area contributed by atoms with Gasteiger partial charge in [0.1, 0.15) is 4.49 Å². The zero-order valence-electron chi connectivity index (χ0n) is 7.10. The predicted molar refractivity (Wildman–Crippen MR) is 62.7 cm³/mol. The number of carboxylic acid groups (broad SMARTS) is 1. The van der Waals surface area contributed by atoms with Crippen molar-refractivity contribution in [3.63, 3.8) is 0 Å². The Kier molecular flexibility index (Phi) is 4.29. The van der Waals surface area contributed by atoms with Gasteiger partial charge in [0.25, 0.3) is 0 Å². The molecule has 0 fully saturated rings. The van der Waals surface area contributed by atoms with Crippen molar-refractivity contribution in [1.82, 2.24) is 0 Å². The zero-order valence-corrected chi connectivity index (χ0v) is 10.1. The molecule has 0 saturated heterocycles. The van der Waals surface area contributed by atoms with Crippen LogP contribution in [0.1, 0.15) is 5.56 Å². The van der Waals surface area contributed by atoms with Gasteiger partial charge in [-0.15, -0.1) is 0 Å². The number of halogens is 4. The highest BCUT2D eigenvalue weighted by Gasteiger charge is 2.15. The molecule has 0 heterocycles. The zero-order chi connectivity index (χ0) is 11.6. The molecule has 0 saturated carbocycles. The standard InChI is InChI=1S/C9H4Cl4O2/c10-5-1-4(2-6(11)3-5)7(8(12)13)9(14)15/h1-3H,(H,14,15). The van der Waals surface area contributed by atoms with Gasteiger partial charge >= 0.3 is 5.97 Å². The highest BCUT2D eigenvalue weighted by Crippen LogP contribution is 2.29. The van der Waals surface area contributed by atoms with Crippen molar-refractivity contribution in [2.45, 2.75) is 0 Å². The number of aliphatic carboxylic acids is 1. The van der Waals surface area contributed by atoms with Crippen LogP contribution in [0.4, 0.5) is 0 Å². The fourth-order valence-electron chi connectivity index (χ4n) is 1.01. The molecule has 6 heteroatoms. The molecule has 2 nitrogen and oxygen atoms in total. The average Bonchev–Trinajstić information content (AvgIpc) is 1.99. The highest BCUT2D eigenvalue weighted by atomic mass is 35.5. The van der Waals surface area contributed by atoms with Crippen LogP contribution in [0.15, 0.2) is 22.7 Å². The summed E-state index contributed by atoms with van der Waals surface area (Å²) in [4.78, 5) is 10.9. The van der Waals surface area contributed by atoms with E-state index in [1.165, 1.54) is 18.2 Å². The number of rotatable bonds is 2. The molecule has 0 unspecified atom stereocenters. The molecule has 80 valence electrons. The lowest BCUT2D eigenvalue weighted by molar-refractivity contribution is -0.130. The maximum absolute atomic E-state index is 10.9. The third-order valence-corrected chi connectivity index (χ3v) is 2.37. The second kappa shape index (κ2) is 5.08. The predicted octanol–water partition coefficient (Wildman–Crippen LogP) is 4.22. The van der Waals surface area contributed by atoms with Gasteiger partial charge in [0, 0.05) is 10.0 Å². The molecule has 1 aromatic rings. The van der Waals surface area contributed by atoms with Gasteiger partial charge in [0.2, 0.25) is 0 Å². The van der Waals surface area contributed by atoms with E-state index in [2.05, 4.69) is 0 Å². The van der Waals surface area contributed by atoms with Crippen LogP contribution in [-0.4, -0.2) is 11.1 Å². The molecular weight excluding hydrogens is 282 g/mol. The van der Waals surface area contributed by atoms with Crippen LogP contribution in [0, 0.1) is 0 Å². The summed E-state index contributed by atoms with van der Waals surface area (Å²) in [7, 11) is 0. The largest absolute Gasteiger partial charge is 0.478 e. The van der Waals surface area contributed by atoms with E-state index < -0.39 is 5.97 Å². The highest BCUT2D eigenvalue weighted by molar-refractivity contribution is 6.61. The second-order valence-electron chi connectivity index (χ2n) is 2.60. The van der Waals surface area contributed by atoms with Gasteiger partial charge in [0.05, 0.1) is 5.57 Å². The summed E-state index contributed by atoms with van der Waals surface area (Å²) in [5.74, 6) is -1.24. The van der Waals surface area contributed by atoms with Crippen molar-refractivity contribution >= 4 is 57.9 Å². The first-order valence-electron chi connectivity index (χ1n) is 3.67. The maximum Gasteiger partial charge on any atom is 0.338 e. The van der Waals surface area contributed by atoms with E-state index in [1.807, 2.05) is 0 Å². The molecule has 0 amide bonds. The van der Waals surface area contributed by atoms with Crippen molar-refractivity contribution in [1.29, 1.82) is 0 Å². The Hall–Kier alpha value is -0.410. The minimum Gasteiger partial charge on any atom is -0.478 e. The van der Waals surface area contributed by atoms with Crippen LogP contribution in [-0.2, 0) is 4.79 Å². The van der Waals surface area contributed by atoms with Gasteiger partial charge in [-0.3, -0.25) is 0 Å². The first kappa shape index (κ1) is 12.7. The number of hydrogen-bond donors (Lipinski definition) is 1. The minimum atomic E-state index is -1.24. The Labute approximate surface area is 106 Å². The quantitative estimate of drug-likeness (QED) is 0.826. The SMILES string of the molecule is O=C(O)C(=C(Cl)Cl)c1cc(Cl)cc(Cl)c1. The Balaban J connectivity index is 3.37. The van der Waals surface area contributed by atoms with Gasteiger partial charge in [-0.1, -0.05) is 46.4 Å². The summed E-state index contributed by atoms with van der Waals surface area (Å²) in [6.45, 7) is 0. The van der Waals surface area contributed by atoms with Crippen molar-refractivity contribution in [3.05, 3.63) is 38.3 Å². The number of carbonyl (C=O) groups is 1. The average molecular weight is 286 g/mol. The van der Waals surface area contributed by atoms with Gasteiger partial charge in [0.15, 0.2) is 0 Å². The van der Waals surface area contributed by atoms with Gasteiger partial charge in [-0.2, -0.15) is 0 Å². The van der Waals surface area contributed by atoms with Gasteiger partial charge in [-0.05, 0) is 23.8 Å². The monoisotopic (exact) mass is 284 g/mol. The molecule has 1 rings (SSSR count). The van der Waals surface area contributed by atoms with Gasteiger partial charge < -0.3 is 5.11 Å². The summed E-state index contributed by atoms with van der Waals surface area (Å²) < 4.78 is -0.346. The number of carboxylic acids is 1. The fraction of sp³-hybridized carbons (Fsp3) is 0. The maximum atomic E-state index is 10.9. The third-order valence-electron chi connectivity index (χ3n) is 1.55. The molecule has 0 aliphatic carbocycles. The summed E-state index contributed by atoms with van der Waals surface area (Å²) in [6.07, 6.45) is 0. The molecule has 0 aliphatic rings. The van der Waals surface area contributed by atoms with Crippen molar-refractivity contribution in [2.24, 2.45) is 0 Å². The molecule has 0 aliphatic heterocycles. The molecule has 0 aromatic heterocycles. The van der Waals surface area contributed by atoms with Gasteiger partial charge in [-0.25, -0.2) is 4.79 Å². The smallest absolute Gasteiger partial charge is 0.338 e. The number of hydrogen-bond acceptors (Lipinski definition) is 1. The second-order valence-corrected chi connectivity index (χ2v) is 4.42. The molecule has 1 N–H and O–H groups in total. The lowest BCUT2D eigenvalue weighted by atomic mass is 10.1. The topological polar surface area (TPSA) is 37.3 Å². The van der Waals surface area contributed by atoms with Crippen molar-refractivity contribution < 1.29 is 9.90 Å². The minimum absolute atomic E-state index is 0.234. The normalized spacial score (nSPS) is 9.87. The van der Waals surface area contributed by atoms with E-state index in [0.29, 0.717) is 10.0 Å². The molecule has 0 bridgehead atoms. The van der Waals surface area contributed by atoms with E-state index in [9.17, 15) is 4.79 Å². The Morgan fingerprint density at radius 2 is 1.53 bits per heavy atom. The molecule has 0 spiro atoms. The van der Waals surface area contributed by atoms with Crippen molar-refractivity contribution in [3.8, 4) is 0 Å². The summed E-state index contributed by atoms with van der Waals surface area (Å²) in [5.41, 5.74) is 0.0303. The first-order valence-corrected chi connectivity index (χ1v) is 5.18.